The van der Waals surface area contributed by atoms with Crippen molar-refractivity contribution in [3.63, 3.8) is 0 Å². The minimum atomic E-state index is -3.67. The van der Waals surface area contributed by atoms with Crippen LogP contribution in [0.3, 0.4) is 0 Å². The van der Waals surface area contributed by atoms with Gasteiger partial charge in [0.15, 0.2) is 0 Å². The molecule has 1 aliphatic carbocycles. The molecule has 1 saturated carbocycles. The summed E-state index contributed by atoms with van der Waals surface area (Å²) in [7, 11) is -3.67. The molecule has 0 aliphatic heterocycles. The summed E-state index contributed by atoms with van der Waals surface area (Å²) in [6.07, 6.45) is 2.71. The number of rotatable bonds is 8. The lowest BCUT2D eigenvalue weighted by atomic mass is 9.96. The lowest BCUT2D eigenvalue weighted by Gasteiger charge is -2.21. The third kappa shape index (κ3) is 4.79. The van der Waals surface area contributed by atoms with Gasteiger partial charge in [-0.3, -0.25) is 4.98 Å². The number of aromatic nitrogens is 1. The van der Waals surface area contributed by atoms with Crippen LogP contribution in [0.4, 0.5) is 4.39 Å². The van der Waals surface area contributed by atoms with Crippen molar-refractivity contribution in [3.8, 4) is 11.3 Å². The Morgan fingerprint density at radius 3 is 2.67 bits per heavy atom. The van der Waals surface area contributed by atoms with Crippen molar-refractivity contribution < 1.29 is 23.0 Å². The molecule has 10 heteroatoms. The molecule has 2 aromatic carbocycles. The maximum absolute atomic E-state index is 15.0. The number of pyridine rings is 1. The van der Waals surface area contributed by atoms with Gasteiger partial charge in [-0.2, -0.15) is 0 Å². The Hall–Kier alpha value is -2.40. The zero-order chi connectivity index (χ0) is 25.7. The van der Waals surface area contributed by atoms with Gasteiger partial charge in [0.25, 0.3) is 0 Å². The Bertz CT molecular complexity index is 1530. The van der Waals surface area contributed by atoms with E-state index in [1.165, 1.54) is 30.4 Å². The van der Waals surface area contributed by atoms with Gasteiger partial charge in [-0.05, 0) is 61.0 Å². The standard InChI is InChI=1S/C26H24ClFN2O4S2/c1-26(32,14-31)16-10-11-29-21(13-16)18-5-2-4-15-12-22(35-25(15)18)24(30-36(33,34)17-8-9-17)23-19(27)6-3-7-20(23)28/h2-7,10-13,17,24,30-32H,8-9,14H2,1H3/t24?,26-/m1/s1. The quantitative estimate of drug-likeness (QED) is 0.285. The number of sulfonamides is 1. The molecule has 5 rings (SSSR count). The number of benzene rings is 2. The molecular weight excluding hydrogens is 523 g/mol. The predicted octanol–water partition coefficient (Wildman–Crippen LogP) is 5.13. The lowest BCUT2D eigenvalue weighted by Crippen LogP contribution is -2.32. The number of aliphatic hydroxyl groups is 2. The van der Waals surface area contributed by atoms with E-state index >= 15 is 0 Å². The van der Waals surface area contributed by atoms with Gasteiger partial charge in [-0.25, -0.2) is 17.5 Å². The number of thiophene rings is 1. The molecule has 2 heterocycles. The SMILES string of the molecule is C[C@@](O)(CO)c1ccnc(-c2cccc3cc(C(NS(=O)(=O)C4CC4)c4c(F)cccc4Cl)sc23)c1. The summed E-state index contributed by atoms with van der Waals surface area (Å²) in [4.78, 5) is 5.05. The molecule has 0 spiro atoms. The Morgan fingerprint density at radius 2 is 1.97 bits per heavy atom. The van der Waals surface area contributed by atoms with Gasteiger partial charge in [0.2, 0.25) is 10.0 Å². The summed E-state index contributed by atoms with van der Waals surface area (Å²) in [5.74, 6) is -0.593. The smallest absolute Gasteiger partial charge is 0.215 e. The van der Waals surface area contributed by atoms with E-state index in [4.69, 9.17) is 11.6 Å². The Kier molecular flexibility index (Phi) is 6.65. The van der Waals surface area contributed by atoms with E-state index in [9.17, 15) is 23.0 Å². The van der Waals surface area contributed by atoms with Gasteiger partial charge in [0.1, 0.15) is 11.4 Å². The predicted molar refractivity (Wildman–Crippen MR) is 140 cm³/mol. The first-order valence-corrected chi connectivity index (χ1v) is 14.1. The molecule has 36 heavy (non-hydrogen) atoms. The molecule has 0 saturated heterocycles. The summed E-state index contributed by atoms with van der Waals surface area (Å²) in [5, 5.41) is 20.6. The van der Waals surface area contributed by atoms with Gasteiger partial charge in [-0.1, -0.05) is 35.9 Å². The zero-order valence-corrected chi connectivity index (χ0v) is 21.7. The van der Waals surface area contributed by atoms with Crippen molar-refractivity contribution in [1.82, 2.24) is 9.71 Å². The maximum Gasteiger partial charge on any atom is 0.215 e. The zero-order valence-electron chi connectivity index (χ0n) is 19.3. The van der Waals surface area contributed by atoms with Crippen molar-refractivity contribution in [3.05, 3.63) is 87.6 Å². The topological polar surface area (TPSA) is 99.5 Å². The molecule has 1 unspecified atom stereocenters. The van der Waals surface area contributed by atoms with Gasteiger partial charge in [0, 0.05) is 31.9 Å². The van der Waals surface area contributed by atoms with Crippen LogP contribution in [0, 0.1) is 5.82 Å². The monoisotopic (exact) mass is 546 g/mol. The van der Waals surface area contributed by atoms with Crippen LogP contribution < -0.4 is 4.72 Å². The summed E-state index contributed by atoms with van der Waals surface area (Å²) in [6.45, 7) is 1.07. The summed E-state index contributed by atoms with van der Waals surface area (Å²) < 4.78 is 44.3. The molecule has 0 amide bonds. The number of hydrogen-bond donors (Lipinski definition) is 3. The van der Waals surface area contributed by atoms with Crippen molar-refractivity contribution in [2.75, 3.05) is 6.61 Å². The van der Waals surface area contributed by atoms with Crippen molar-refractivity contribution >= 4 is 43.0 Å². The van der Waals surface area contributed by atoms with E-state index in [1.54, 1.807) is 24.4 Å². The Labute approximate surface area is 217 Å². The Balaban J connectivity index is 1.65. The molecule has 1 aliphatic rings. The third-order valence-corrected chi connectivity index (χ3v) is 9.84. The van der Waals surface area contributed by atoms with Crippen LogP contribution >= 0.6 is 22.9 Å². The van der Waals surface area contributed by atoms with Crippen molar-refractivity contribution in [2.45, 2.75) is 36.7 Å². The fraction of sp³-hybridized carbons (Fsp3) is 0.269. The highest BCUT2D eigenvalue weighted by molar-refractivity contribution is 7.90. The first kappa shape index (κ1) is 25.3. The summed E-state index contributed by atoms with van der Waals surface area (Å²) in [6, 6.07) is 14.1. The van der Waals surface area contributed by atoms with Crippen LogP contribution in [-0.4, -0.2) is 35.5 Å². The molecular formula is C26H24ClFN2O4S2. The average Bonchev–Trinajstić information content (AvgIpc) is 3.63. The summed E-state index contributed by atoms with van der Waals surface area (Å²) >= 11 is 7.70. The molecule has 0 bridgehead atoms. The fourth-order valence-electron chi connectivity index (χ4n) is 4.12. The highest BCUT2D eigenvalue weighted by Gasteiger charge is 2.39. The first-order valence-electron chi connectivity index (χ1n) is 11.4. The largest absolute Gasteiger partial charge is 0.393 e. The third-order valence-electron chi connectivity index (χ3n) is 6.35. The van der Waals surface area contributed by atoms with Crippen molar-refractivity contribution in [1.29, 1.82) is 0 Å². The van der Waals surface area contributed by atoms with E-state index in [-0.39, 0.29) is 10.6 Å². The number of nitrogens with one attached hydrogen (secondary N) is 1. The second-order valence-electron chi connectivity index (χ2n) is 9.16. The lowest BCUT2D eigenvalue weighted by molar-refractivity contribution is -0.00230. The van der Waals surface area contributed by atoms with E-state index in [0.29, 0.717) is 29.0 Å². The highest BCUT2D eigenvalue weighted by Crippen LogP contribution is 2.42. The normalized spacial score (nSPS) is 16.7. The number of aliphatic hydroxyl groups excluding tert-OH is 1. The van der Waals surface area contributed by atoms with Crippen LogP contribution in [0.2, 0.25) is 5.02 Å². The molecule has 2 atom stereocenters. The van der Waals surface area contributed by atoms with Crippen LogP contribution in [0.5, 0.6) is 0 Å². The second-order valence-corrected chi connectivity index (χ2v) is 12.6. The van der Waals surface area contributed by atoms with Crippen LogP contribution in [0.15, 0.2) is 60.8 Å². The molecule has 188 valence electrons. The van der Waals surface area contributed by atoms with E-state index < -0.39 is 39.3 Å². The number of hydrogen-bond acceptors (Lipinski definition) is 6. The molecule has 0 radical (unpaired) electrons. The first-order chi connectivity index (χ1) is 17.1. The van der Waals surface area contributed by atoms with E-state index in [2.05, 4.69) is 9.71 Å². The average molecular weight is 547 g/mol. The van der Waals surface area contributed by atoms with Gasteiger partial charge in [0.05, 0.1) is 23.6 Å². The molecule has 2 aromatic heterocycles. The number of halogens is 2. The molecule has 6 nitrogen and oxygen atoms in total. The second kappa shape index (κ2) is 9.48. The fourth-order valence-corrected chi connectivity index (χ4v) is 7.23. The van der Waals surface area contributed by atoms with E-state index in [1.807, 2.05) is 24.3 Å². The minimum Gasteiger partial charge on any atom is -0.393 e. The maximum atomic E-state index is 15.0. The molecule has 3 N–H and O–H groups in total. The minimum absolute atomic E-state index is 0.0793. The van der Waals surface area contributed by atoms with Gasteiger partial charge >= 0.3 is 0 Å². The van der Waals surface area contributed by atoms with E-state index in [0.717, 1.165) is 15.6 Å². The molecule has 4 aromatic rings. The van der Waals surface area contributed by atoms with Crippen LogP contribution in [0.25, 0.3) is 21.3 Å². The van der Waals surface area contributed by atoms with Gasteiger partial charge < -0.3 is 10.2 Å². The van der Waals surface area contributed by atoms with Crippen molar-refractivity contribution in [2.24, 2.45) is 0 Å². The van der Waals surface area contributed by atoms with Gasteiger partial charge in [-0.15, -0.1) is 11.3 Å². The Morgan fingerprint density at radius 1 is 1.22 bits per heavy atom. The number of nitrogens with zero attached hydrogens (tertiary/aromatic N) is 1. The number of fused-ring (bicyclic) bond motifs is 1. The highest BCUT2D eigenvalue weighted by atomic mass is 35.5. The van der Waals surface area contributed by atoms with Crippen LogP contribution in [0.1, 0.15) is 41.8 Å². The summed E-state index contributed by atoms with van der Waals surface area (Å²) in [5.41, 5.74) is 0.509. The van der Waals surface area contributed by atoms with Crippen LogP contribution in [-0.2, 0) is 15.6 Å². The molecule has 1 fully saturated rings.